The van der Waals surface area contributed by atoms with E-state index in [4.69, 9.17) is 0 Å². The van der Waals surface area contributed by atoms with Crippen molar-refractivity contribution in [2.24, 2.45) is 14.1 Å². The molecule has 2 heterocycles. The molecule has 3 heteroatoms. The Balaban J connectivity index is 2.60. The fraction of sp³-hybridized carbons (Fsp3) is 0.273. The lowest BCUT2D eigenvalue weighted by molar-refractivity contribution is -0.670. The van der Waals surface area contributed by atoms with Crippen molar-refractivity contribution in [1.82, 2.24) is 9.55 Å². The molecule has 72 valence electrons. The van der Waals surface area contributed by atoms with Crippen LogP contribution in [0.15, 0.2) is 30.9 Å². The van der Waals surface area contributed by atoms with E-state index in [1.54, 1.807) is 0 Å². The molecule has 0 saturated heterocycles. The Labute approximate surface area is 83.7 Å². The summed E-state index contributed by atoms with van der Waals surface area (Å²) in [6, 6.07) is 4.06. The largest absolute Gasteiger partial charge is 0.261 e. The summed E-state index contributed by atoms with van der Waals surface area (Å²) < 4.78 is 4.14. The Bertz CT molecular complexity index is 457. The van der Waals surface area contributed by atoms with Gasteiger partial charge in [-0.05, 0) is 19.1 Å². The van der Waals surface area contributed by atoms with Gasteiger partial charge in [-0.15, -0.1) is 0 Å². The van der Waals surface area contributed by atoms with Gasteiger partial charge in [-0.3, -0.25) is 4.98 Å². The molecule has 0 spiro atoms. The van der Waals surface area contributed by atoms with E-state index in [9.17, 15) is 0 Å². The van der Waals surface area contributed by atoms with Gasteiger partial charge in [-0.1, -0.05) is 0 Å². The molecule has 0 aliphatic rings. The molecule has 0 N–H and O–H groups in total. The van der Waals surface area contributed by atoms with E-state index in [-0.39, 0.29) is 0 Å². The molecule has 0 aromatic carbocycles. The monoisotopic (exact) mass is 188 g/mol. The van der Waals surface area contributed by atoms with Crippen LogP contribution in [0.2, 0.25) is 0 Å². The first kappa shape index (κ1) is 8.94. The van der Waals surface area contributed by atoms with Crippen LogP contribution in [0.25, 0.3) is 11.3 Å². The van der Waals surface area contributed by atoms with Crippen LogP contribution in [0.5, 0.6) is 0 Å². The number of aryl methyl sites for hydroxylation is 3. The highest BCUT2D eigenvalue weighted by Crippen LogP contribution is 2.19. The van der Waals surface area contributed by atoms with Crippen LogP contribution in [-0.2, 0) is 14.1 Å². The third-order valence-corrected chi connectivity index (χ3v) is 2.34. The normalized spacial score (nSPS) is 10.5. The Morgan fingerprint density at radius 1 is 1.43 bits per heavy atom. The van der Waals surface area contributed by atoms with Gasteiger partial charge in [0.1, 0.15) is 6.20 Å². The summed E-state index contributed by atoms with van der Waals surface area (Å²) in [5.74, 6) is 0. The molecule has 0 radical (unpaired) electrons. The molecule has 0 bridgehead atoms. The van der Waals surface area contributed by atoms with E-state index in [0.29, 0.717) is 0 Å². The Morgan fingerprint density at radius 2 is 2.21 bits per heavy atom. The van der Waals surface area contributed by atoms with Crippen molar-refractivity contribution < 1.29 is 4.57 Å². The fourth-order valence-corrected chi connectivity index (χ4v) is 1.67. The van der Waals surface area contributed by atoms with Crippen molar-refractivity contribution >= 4 is 0 Å². The van der Waals surface area contributed by atoms with E-state index >= 15 is 0 Å². The Morgan fingerprint density at radius 3 is 2.79 bits per heavy atom. The summed E-state index contributed by atoms with van der Waals surface area (Å²) in [7, 11) is 4.07. The van der Waals surface area contributed by atoms with Gasteiger partial charge in [-0.2, -0.15) is 0 Å². The third kappa shape index (κ3) is 1.41. The number of aromatic nitrogens is 3. The van der Waals surface area contributed by atoms with Crippen LogP contribution in [0.1, 0.15) is 5.69 Å². The van der Waals surface area contributed by atoms with Crippen molar-refractivity contribution in [2.75, 3.05) is 0 Å². The average molecular weight is 188 g/mol. The summed E-state index contributed by atoms with van der Waals surface area (Å²) in [5, 5.41) is 0. The van der Waals surface area contributed by atoms with Gasteiger partial charge in [0.05, 0.1) is 14.1 Å². The van der Waals surface area contributed by atoms with Crippen molar-refractivity contribution in [3.8, 4) is 11.3 Å². The number of pyridine rings is 1. The summed E-state index contributed by atoms with van der Waals surface area (Å²) in [4.78, 5) is 4.28. The molecule has 0 aliphatic heterocycles. The minimum Gasteiger partial charge on any atom is -0.261 e. The zero-order valence-corrected chi connectivity index (χ0v) is 8.73. The molecule has 2 rings (SSSR count). The summed E-state index contributed by atoms with van der Waals surface area (Å²) in [6.45, 7) is 2.03. The topological polar surface area (TPSA) is 21.7 Å². The van der Waals surface area contributed by atoms with Gasteiger partial charge in [0, 0.05) is 17.5 Å². The molecule has 0 fully saturated rings. The van der Waals surface area contributed by atoms with Gasteiger partial charge >= 0.3 is 0 Å². The summed E-state index contributed by atoms with van der Waals surface area (Å²) >= 11 is 0. The Hall–Kier alpha value is -1.64. The van der Waals surface area contributed by atoms with Gasteiger partial charge in [0.2, 0.25) is 6.33 Å². The maximum absolute atomic E-state index is 4.28. The van der Waals surface area contributed by atoms with Gasteiger partial charge in [0.15, 0.2) is 5.69 Å². The lowest BCUT2D eigenvalue weighted by Crippen LogP contribution is -2.23. The lowest BCUT2D eigenvalue weighted by Gasteiger charge is -1.99. The van der Waals surface area contributed by atoms with Crippen LogP contribution in [0.4, 0.5) is 0 Å². The van der Waals surface area contributed by atoms with Crippen LogP contribution in [0, 0.1) is 6.92 Å². The van der Waals surface area contributed by atoms with Crippen LogP contribution in [-0.4, -0.2) is 9.55 Å². The summed E-state index contributed by atoms with van der Waals surface area (Å²) in [5.41, 5.74) is 3.45. The Kier molecular flexibility index (Phi) is 2.08. The van der Waals surface area contributed by atoms with Gasteiger partial charge in [0.25, 0.3) is 0 Å². The molecule has 2 aromatic rings. The summed E-state index contributed by atoms with van der Waals surface area (Å²) in [6.07, 6.45) is 5.97. The number of rotatable bonds is 1. The maximum atomic E-state index is 4.28. The highest BCUT2D eigenvalue weighted by molar-refractivity contribution is 5.60. The van der Waals surface area contributed by atoms with E-state index < -0.39 is 0 Å². The molecule has 14 heavy (non-hydrogen) atoms. The first-order chi connectivity index (χ1) is 6.68. The van der Waals surface area contributed by atoms with Crippen molar-refractivity contribution in [3.05, 3.63) is 36.5 Å². The molecule has 0 aliphatic carbocycles. The lowest BCUT2D eigenvalue weighted by atomic mass is 10.1. The molecular weight excluding hydrogens is 174 g/mol. The molecular formula is C11H14N3+. The quantitative estimate of drug-likeness (QED) is 0.617. The molecule has 0 saturated carbocycles. The van der Waals surface area contributed by atoms with Crippen LogP contribution in [0.3, 0.4) is 0 Å². The number of hydrogen-bond acceptors (Lipinski definition) is 1. The number of imidazole rings is 1. The smallest absolute Gasteiger partial charge is 0.243 e. The molecule has 0 unspecified atom stereocenters. The van der Waals surface area contributed by atoms with Gasteiger partial charge < -0.3 is 0 Å². The van der Waals surface area contributed by atoms with E-state index in [1.165, 1.54) is 11.3 Å². The predicted molar refractivity (Wildman–Crippen MR) is 54.6 cm³/mol. The first-order valence-electron chi connectivity index (χ1n) is 4.62. The van der Waals surface area contributed by atoms with Crippen molar-refractivity contribution in [2.45, 2.75) is 6.92 Å². The van der Waals surface area contributed by atoms with Crippen molar-refractivity contribution in [1.29, 1.82) is 0 Å². The fourth-order valence-electron chi connectivity index (χ4n) is 1.67. The van der Waals surface area contributed by atoms with E-state index in [2.05, 4.69) is 21.8 Å². The average Bonchev–Trinajstić information content (AvgIpc) is 2.46. The van der Waals surface area contributed by atoms with E-state index in [0.717, 1.165) is 5.69 Å². The zero-order chi connectivity index (χ0) is 10.1. The number of hydrogen-bond donors (Lipinski definition) is 0. The second kappa shape index (κ2) is 3.25. The predicted octanol–water partition coefficient (Wildman–Crippen LogP) is 1.22. The minimum atomic E-state index is 1.06. The molecule has 3 nitrogen and oxygen atoms in total. The third-order valence-electron chi connectivity index (χ3n) is 2.34. The highest BCUT2D eigenvalue weighted by Gasteiger charge is 2.12. The van der Waals surface area contributed by atoms with Crippen LogP contribution >= 0.6 is 0 Å². The maximum Gasteiger partial charge on any atom is 0.243 e. The van der Waals surface area contributed by atoms with Crippen molar-refractivity contribution in [3.63, 3.8) is 0 Å². The molecule has 2 aromatic heterocycles. The zero-order valence-electron chi connectivity index (χ0n) is 8.73. The first-order valence-corrected chi connectivity index (χ1v) is 4.62. The highest BCUT2D eigenvalue weighted by atomic mass is 15.1. The van der Waals surface area contributed by atoms with E-state index in [1.807, 2.05) is 44.2 Å². The van der Waals surface area contributed by atoms with Gasteiger partial charge in [-0.25, -0.2) is 9.13 Å². The molecule has 0 amide bonds. The standard InChI is InChI=1S/C11H14N3/c1-9-10(5-4-6-12-9)11-7-13(2)8-14(11)3/h4-8H,1-3H3/q+1. The minimum absolute atomic E-state index is 1.06. The van der Waals surface area contributed by atoms with Crippen LogP contribution < -0.4 is 4.57 Å². The second-order valence-electron chi connectivity index (χ2n) is 3.54. The molecule has 0 atom stereocenters. The SMILES string of the molecule is Cc1ncccc1-c1c[n+](C)cn1C. The number of nitrogens with zero attached hydrogens (tertiary/aromatic N) is 3. The second-order valence-corrected chi connectivity index (χ2v) is 3.54.